The maximum absolute atomic E-state index is 6.20. The van der Waals surface area contributed by atoms with Crippen molar-refractivity contribution in [1.29, 1.82) is 0 Å². The molecule has 2 nitrogen and oxygen atoms in total. The second-order valence-electron chi connectivity index (χ2n) is 8.40. The second kappa shape index (κ2) is 6.41. The molecule has 154 valence electrons. The molecule has 4 heteroatoms. The Morgan fingerprint density at radius 2 is 1.42 bits per heavy atom. The summed E-state index contributed by atoms with van der Waals surface area (Å²) in [6.07, 6.45) is 0. The lowest BCUT2D eigenvalue weighted by Gasteiger charge is -2.09. The predicted molar refractivity (Wildman–Crippen MR) is 143 cm³/mol. The van der Waals surface area contributed by atoms with E-state index in [2.05, 4.69) is 72.8 Å². The molecular formula is C29H15NOS2. The van der Waals surface area contributed by atoms with Gasteiger partial charge in [-0.1, -0.05) is 54.6 Å². The summed E-state index contributed by atoms with van der Waals surface area (Å²) in [7, 11) is 0. The van der Waals surface area contributed by atoms with Crippen molar-refractivity contribution in [2.75, 3.05) is 0 Å². The van der Waals surface area contributed by atoms with Crippen LogP contribution in [-0.4, -0.2) is 4.98 Å². The van der Waals surface area contributed by atoms with Crippen LogP contribution in [0.2, 0.25) is 0 Å². The highest BCUT2D eigenvalue weighted by molar-refractivity contribution is 7.27. The van der Waals surface area contributed by atoms with Crippen LogP contribution in [0, 0.1) is 0 Å². The van der Waals surface area contributed by atoms with Gasteiger partial charge in [-0.25, -0.2) is 4.98 Å². The first-order chi connectivity index (χ1) is 16.3. The fourth-order valence-corrected chi connectivity index (χ4v) is 7.29. The van der Waals surface area contributed by atoms with Crippen molar-refractivity contribution in [3.8, 4) is 11.1 Å². The minimum Gasteiger partial charge on any atom is -0.456 e. The molecule has 0 radical (unpaired) electrons. The number of thiophene rings is 1. The zero-order valence-electron chi connectivity index (χ0n) is 17.3. The van der Waals surface area contributed by atoms with Crippen molar-refractivity contribution in [2.45, 2.75) is 0 Å². The van der Waals surface area contributed by atoms with E-state index in [1.807, 2.05) is 29.0 Å². The van der Waals surface area contributed by atoms with Gasteiger partial charge in [0.25, 0.3) is 0 Å². The van der Waals surface area contributed by atoms with Gasteiger partial charge in [-0.2, -0.15) is 0 Å². The number of aromatic nitrogens is 1. The predicted octanol–water partition coefficient (Wildman–Crippen LogP) is 9.38. The summed E-state index contributed by atoms with van der Waals surface area (Å²) in [5.41, 5.74) is 7.21. The molecular weight excluding hydrogens is 442 g/mol. The van der Waals surface area contributed by atoms with E-state index in [1.165, 1.54) is 41.2 Å². The van der Waals surface area contributed by atoms with Crippen LogP contribution in [0.15, 0.2) is 94.9 Å². The molecule has 0 bridgehead atoms. The molecule has 0 saturated heterocycles. The van der Waals surface area contributed by atoms with Gasteiger partial charge in [0.15, 0.2) is 0 Å². The van der Waals surface area contributed by atoms with Gasteiger partial charge in [-0.15, -0.1) is 22.7 Å². The van der Waals surface area contributed by atoms with Gasteiger partial charge in [0.2, 0.25) is 0 Å². The fraction of sp³-hybridized carbons (Fsp3) is 0. The smallest absolute Gasteiger partial charge is 0.136 e. The molecule has 3 heterocycles. The van der Waals surface area contributed by atoms with E-state index in [-0.39, 0.29) is 0 Å². The number of hydrogen-bond acceptors (Lipinski definition) is 4. The van der Waals surface area contributed by atoms with E-state index in [0.29, 0.717) is 0 Å². The van der Waals surface area contributed by atoms with Crippen LogP contribution in [0.3, 0.4) is 0 Å². The summed E-state index contributed by atoms with van der Waals surface area (Å²) in [5, 5.41) is 7.54. The SMILES string of the molecule is c1ccc2c(c1)oc1cc(-c3cc4ncsc4c4c3ccc3c5ccccc5sc34)ccc12. The van der Waals surface area contributed by atoms with E-state index in [0.717, 1.165) is 33.0 Å². The van der Waals surface area contributed by atoms with Crippen molar-refractivity contribution in [3.63, 3.8) is 0 Å². The van der Waals surface area contributed by atoms with Crippen molar-refractivity contribution in [2.24, 2.45) is 0 Å². The van der Waals surface area contributed by atoms with E-state index in [4.69, 9.17) is 9.40 Å². The number of fused-ring (bicyclic) bond motifs is 10. The molecule has 0 unspecified atom stereocenters. The lowest BCUT2D eigenvalue weighted by molar-refractivity contribution is 0.669. The van der Waals surface area contributed by atoms with Crippen LogP contribution < -0.4 is 0 Å². The molecule has 8 aromatic rings. The quantitative estimate of drug-likeness (QED) is 0.245. The van der Waals surface area contributed by atoms with E-state index >= 15 is 0 Å². The number of hydrogen-bond donors (Lipinski definition) is 0. The standard InChI is InChI=1S/C29H15NOS2/c1-3-7-24-17(5-1)18-10-9-16(13-25(18)31-24)22-14-23-29(32-15-30-23)27-20(22)11-12-21-19-6-2-4-8-26(19)33-28(21)27/h1-15H. The molecule has 3 aromatic heterocycles. The van der Waals surface area contributed by atoms with Gasteiger partial charge in [-0.05, 0) is 46.8 Å². The number of furan rings is 1. The second-order valence-corrected chi connectivity index (χ2v) is 10.3. The Morgan fingerprint density at radius 3 is 2.39 bits per heavy atom. The van der Waals surface area contributed by atoms with Gasteiger partial charge in [-0.3, -0.25) is 0 Å². The molecule has 0 aliphatic carbocycles. The Labute approximate surface area is 196 Å². The Morgan fingerprint density at radius 1 is 0.636 bits per heavy atom. The van der Waals surface area contributed by atoms with Crippen molar-refractivity contribution in [3.05, 3.63) is 90.4 Å². The summed E-state index contributed by atoms with van der Waals surface area (Å²) in [6, 6.07) is 30.3. The molecule has 0 N–H and O–H groups in total. The number of para-hydroxylation sites is 1. The van der Waals surface area contributed by atoms with Crippen LogP contribution in [0.5, 0.6) is 0 Å². The van der Waals surface area contributed by atoms with Crippen LogP contribution in [0.4, 0.5) is 0 Å². The highest BCUT2D eigenvalue weighted by Crippen LogP contribution is 2.45. The third kappa shape index (κ3) is 2.39. The molecule has 0 fully saturated rings. The van der Waals surface area contributed by atoms with Crippen LogP contribution in [-0.2, 0) is 0 Å². The van der Waals surface area contributed by atoms with Gasteiger partial charge >= 0.3 is 0 Å². The Balaban J connectivity index is 1.50. The molecule has 33 heavy (non-hydrogen) atoms. The first kappa shape index (κ1) is 17.8. The largest absolute Gasteiger partial charge is 0.456 e. The first-order valence-corrected chi connectivity index (χ1v) is 12.6. The Hall–Kier alpha value is -3.73. The van der Waals surface area contributed by atoms with E-state index in [9.17, 15) is 0 Å². The summed E-state index contributed by atoms with van der Waals surface area (Å²) in [4.78, 5) is 4.71. The summed E-state index contributed by atoms with van der Waals surface area (Å²) < 4.78 is 10.1. The number of nitrogens with zero attached hydrogens (tertiary/aromatic N) is 1. The summed E-state index contributed by atoms with van der Waals surface area (Å²) in [5.74, 6) is 0. The van der Waals surface area contributed by atoms with Gasteiger partial charge < -0.3 is 4.42 Å². The topological polar surface area (TPSA) is 26.0 Å². The molecule has 8 rings (SSSR count). The lowest BCUT2D eigenvalue weighted by atomic mass is 9.95. The highest BCUT2D eigenvalue weighted by Gasteiger charge is 2.17. The van der Waals surface area contributed by atoms with Crippen LogP contribution >= 0.6 is 22.7 Å². The maximum Gasteiger partial charge on any atom is 0.136 e. The molecule has 0 saturated carbocycles. The molecule has 0 aliphatic heterocycles. The molecule has 5 aromatic carbocycles. The fourth-order valence-electron chi connectivity index (χ4n) is 5.13. The lowest BCUT2D eigenvalue weighted by Crippen LogP contribution is -1.84. The van der Waals surface area contributed by atoms with E-state index < -0.39 is 0 Å². The summed E-state index contributed by atoms with van der Waals surface area (Å²) in [6.45, 7) is 0. The third-order valence-electron chi connectivity index (χ3n) is 6.63. The minimum atomic E-state index is 0.920. The normalized spacial score (nSPS) is 12.2. The zero-order chi connectivity index (χ0) is 21.5. The van der Waals surface area contributed by atoms with Crippen LogP contribution in [0.25, 0.3) is 74.2 Å². The Bertz CT molecular complexity index is 2040. The average Bonchev–Trinajstić information content (AvgIpc) is 3.57. The first-order valence-electron chi connectivity index (χ1n) is 10.9. The van der Waals surface area contributed by atoms with Crippen molar-refractivity contribution in [1.82, 2.24) is 4.98 Å². The van der Waals surface area contributed by atoms with Crippen LogP contribution in [0.1, 0.15) is 0 Å². The summed E-state index contributed by atoms with van der Waals surface area (Å²) >= 11 is 3.61. The molecule has 0 amide bonds. The molecule has 0 atom stereocenters. The monoisotopic (exact) mass is 457 g/mol. The number of benzene rings is 5. The minimum absolute atomic E-state index is 0.920. The van der Waals surface area contributed by atoms with Crippen molar-refractivity contribution < 1.29 is 4.42 Å². The third-order valence-corrected chi connectivity index (χ3v) is 8.69. The van der Waals surface area contributed by atoms with Crippen molar-refractivity contribution >= 4 is 85.8 Å². The zero-order valence-corrected chi connectivity index (χ0v) is 19.0. The van der Waals surface area contributed by atoms with E-state index in [1.54, 1.807) is 11.3 Å². The highest BCUT2D eigenvalue weighted by atomic mass is 32.1. The molecule has 0 aliphatic rings. The maximum atomic E-state index is 6.20. The number of thiazole rings is 1. The van der Waals surface area contributed by atoms with Gasteiger partial charge in [0, 0.05) is 36.3 Å². The average molecular weight is 458 g/mol. The Kier molecular flexibility index (Phi) is 3.45. The number of rotatable bonds is 1. The molecule has 0 spiro atoms. The van der Waals surface area contributed by atoms with Gasteiger partial charge in [0.05, 0.1) is 15.7 Å². The van der Waals surface area contributed by atoms with Gasteiger partial charge in [0.1, 0.15) is 11.2 Å².